The number of sulfonamides is 2. The minimum atomic E-state index is -3.48. The van der Waals surface area contributed by atoms with Gasteiger partial charge < -0.3 is 0 Å². The lowest BCUT2D eigenvalue weighted by Crippen LogP contribution is -2.34. The van der Waals surface area contributed by atoms with E-state index in [-0.39, 0.29) is 17.5 Å². The number of hydrogen-bond donors (Lipinski definition) is 1. The van der Waals surface area contributed by atoms with Gasteiger partial charge in [0.25, 0.3) is 0 Å². The van der Waals surface area contributed by atoms with E-state index in [9.17, 15) is 16.8 Å². The van der Waals surface area contributed by atoms with E-state index in [4.69, 9.17) is 0 Å². The Morgan fingerprint density at radius 2 is 1.72 bits per heavy atom. The van der Waals surface area contributed by atoms with Crippen molar-refractivity contribution in [2.45, 2.75) is 26.1 Å². The molecule has 10 heteroatoms. The molecule has 0 amide bonds. The van der Waals surface area contributed by atoms with Crippen LogP contribution in [0.25, 0.3) is 10.4 Å². The fourth-order valence-corrected chi connectivity index (χ4v) is 6.39. The molecule has 0 radical (unpaired) electrons. The third-order valence-corrected chi connectivity index (χ3v) is 7.95. The summed E-state index contributed by atoms with van der Waals surface area (Å²) in [7, 11) is -6.87. The summed E-state index contributed by atoms with van der Waals surface area (Å²) in [5, 5.41) is 0. The second-order valence-corrected chi connectivity index (χ2v) is 12.9. The highest BCUT2D eigenvalue weighted by atomic mass is 32.2. The lowest BCUT2D eigenvalue weighted by Gasteiger charge is -2.23. The highest BCUT2D eigenvalue weighted by molar-refractivity contribution is 7.92. The van der Waals surface area contributed by atoms with Crippen molar-refractivity contribution in [2.75, 3.05) is 17.5 Å². The van der Waals surface area contributed by atoms with Gasteiger partial charge in [-0.15, -0.1) is 11.3 Å². The van der Waals surface area contributed by atoms with Crippen LogP contribution >= 0.6 is 11.3 Å². The van der Waals surface area contributed by atoms with E-state index >= 15 is 0 Å². The smallest absolute Gasteiger partial charge is 0.230 e. The number of aromatic nitrogens is 1. The zero-order valence-corrected chi connectivity index (χ0v) is 20.7. The van der Waals surface area contributed by atoms with E-state index in [2.05, 4.69) is 9.71 Å². The molecule has 0 spiro atoms. The van der Waals surface area contributed by atoms with Crippen LogP contribution in [-0.4, -0.2) is 38.9 Å². The highest BCUT2D eigenvalue weighted by Gasteiger charge is 2.24. The second kappa shape index (κ2) is 10.1. The summed E-state index contributed by atoms with van der Waals surface area (Å²) in [4.78, 5) is 6.01. The number of anilines is 1. The van der Waals surface area contributed by atoms with Gasteiger partial charge in [0.15, 0.2) is 0 Å². The number of benzene rings is 1. The van der Waals surface area contributed by atoms with Gasteiger partial charge in [-0.25, -0.2) is 21.8 Å². The second-order valence-electron chi connectivity index (χ2n) is 8.00. The average Bonchev–Trinajstić information content (AvgIpc) is 3.15. The van der Waals surface area contributed by atoms with Crippen molar-refractivity contribution in [1.29, 1.82) is 0 Å². The standard InChI is InChI=1S/C22H27N3O4S3/c1-17(2)14-25(32(28,29)16-18-7-5-4-6-8-18)15-20-10-11-21(30-20)19-9-12-22(23-13-19)24-31(3,26)27/h4-13,17H,14-16H2,1-3H3,(H,23,24). The molecule has 0 aliphatic heterocycles. The van der Waals surface area contributed by atoms with Gasteiger partial charge in [-0.2, -0.15) is 4.31 Å². The van der Waals surface area contributed by atoms with E-state index in [0.717, 1.165) is 27.1 Å². The van der Waals surface area contributed by atoms with E-state index in [1.165, 1.54) is 11.3 Å². The summed E-state index contributed by atoms with van der Waals surface area (Å²) in [5.41, 5.74) is 1.60. The number of pyridine rings is 1. The number of nitrogens with zero attached hydrogens (tertiary/aromatic N) is 2. The minimum Gasteiger partial charge on any atom is -0.268 e. The molecule has 0 fully saturated rings. The SMILES string of the molecule is CC(C)CN(Cc1ccc(-c2ccc(NS(C)(=O)=O)nc2)s1)S(=O)(=O)Cc1ccccc1. The first kappa shape index (κ1) is 24.4. The van der Waals surface area contributed by atoms with Crippen LogP contribution in [0.1, 0.15) is 24.3 Å². The third-order valence-electron chi connectivity index (χ3n) is 4.49. The number of nitrogens with one attached hydrogen (secondary N) is 1. The zero-order valence-electron chi connectivity index (χ0n) is 18.2. The Morgan fingerprint density at radius 3 is 2.31 bits per heavy atom. The molecule has 2 aromatic heterocycles. The molecule has 172 valence electrons. The molecule has 0 bridgehead atoms. The molecule has 3 rings (SSSR count). The maximum absolute atomic E-state index is 13.1. The fourth-order valence-electron chi connectivity index (χ4n) is 3.14. The Kier molecular flexibility index (Phi) is 7.71. The van der Waals surface area contributed by atoms with Crippen molar-refractivity contribution in [3.63, 3.8) is 0 Å². The Bertz CT molecular complexity index is 1240. The van der Waals surface area contributed by atoms with Gasteiger partial charge in [0.2, 0.25) is 20.0 Å². The highest BCUT2D eigenvalue weighted by Crippen LogP contribution is 2.30. The van der Waals surface area contributed by atoms with Gasteiger partial charge in [-0.1, -0.05) is 44.2 Å². The van der Waals surface area contributed by atoms with Crippen LogP contribution in [0.5, 0.6) is 0 Å². The molecule has 1 aromatic carbocycles. The Labute approximate surface area is 194 Å². The van der Waals surface area contributed by atoms with Crippen LogP contribution in [0.3, 0.4) is 0 Å². The molecule has 2 heterocycles. The van der Waals surface area contributed by atoms with Gasteiger partial charge >= 0.3 is 0 Å². The van der Waals surface area contributed by atoms with Crippen LogP contribution < -0.4 is 4.72 Å². The first-order valence-electron chi connectivity index (χ1n) is 10.1. The van der Waals surface area contributed by atoms with Crippen molar-refractivity contribution >= 4 is 37.2 Å². The Morgan fingerprint density at radius 1 is 1.00 bits per heavy atom. The monoisotopic (exact) mass is 493 g/mol. The molecule has 0 saturated heterocycles. The largest absolute Gasteiger partial charge is 0.268 e. The summed E-state index contributed by atoms with van der Waals surface area (Å²) >= 11 is 1.50. The van der Waals surface area contributed by atoms with Crippen LogP contribution in [0.4, 0.5) is 5.82 Å². The van der Waals surface area contributed by atoms with E-state index < -0.39 is 20.0 Å². The molecule has 0 unspecified atom stereocenters. The summed E-state index contributed by atoms with van der Waals surface area (Å²) in [6, 6.07) is 16.4. The zero-order chi connectivity index (χ0) is 23.4. The molecule has 7 nitrogen and oxygen atoms in total. The average molecular weight is 494 g/mol. The fraction of sp³-hybridized carbons (Fsp3) is 0.318. The van der Waals surface area contributed by atoms with Crippen molar-refractivity contribution in [3.8, 4) is 10.4 Å². The predicted octanol–water partition coefficient (Wildman–Crippen LogP) is 4.17. The van der Waals surface area contributed by atoms with Crippen LogP contribution in [0.2, 0.25) is 0 Å². The summed E-state index contributed by atoms with van der Waals surface area (Å²) < 4.78 is 52.8. The molecule has 0 aliphatic carbocycles. The van der Waals surface area contributed by atoms with Crippen molar-refractivity contribution in [1.82, 2.24) is 9.29 Å². The molecule has 1 N–H and O–H groups in total. The lowest BCUT2D eigenvalue weighted by atomic mass is 10.2. The third kappa shape index (κ3) is 7.13. The molecule has 32 heavy (non-hydrogen) atoms. The van der Waals surface area contributed by atoms with Gasteiger partial charge in [-0.05, 0) is 35.7 Å². The van der Waals surface area contributed by atoms with E-state index in [1.54, 1.807) is 22.6 Å². The molecular weight excluding hydrogens is 466 g/mol. The topological polar surface area (TPSA) is 96.4 Å². The molecule has 0 saturated carbocycles. The molecule has 3 aromatic rings. The van der Waals surface area contributed by atoms with Gasteiger partial charge in [-0.3, -0.25) is 4.72 Å². The minimum absolute atomic E-state index is 0.0302. The van der Waals surface area contributed by atoms with Crippen LogP contribution in [0, 0.1) is 5.92 Å². The van der Waals surface area contributed by atoms with E-state index in [1.807, 2.05) is 56.3 Å². The summed E-state index contributed by atoms with van der Waals surface area (Å²) in [6.45, 7) is 4.75. The Hall–Kier alpha value is -2.27. The maximum Gasteiger partial charge on any atom is 0.230 e. The summed E-state index contributed by atoms with van der Waals surface area (Å²) in [5.74, 6) is 0.416. The van der Waals surface area contributed by atoms with Gasteiger partial charge in [0.1, 0.15) is 5.82 Å². The normalized spacial score (nSPS) is 12.4. The van der Waals surface area contributed by atoms with E-state index in [0.29, 0.717) is 13.1 Å². The number of rotatable bonds is 10. The quantitative estimate of drug-likeness (QED) is 0.457. The molecule has 0 atom stereocenters. The first-order valence-corrected chi connectivity index (χ1v) is 14.4. The van der Waals surface area contributed by atoms with Crippen molar-refractivity contribution in [3.05, 3.63) is 71.2 Å². The van der Waals surface area contributed by atoms with Crippen molar-refractivity contribution < 1.29 is 16.8 Å². The van der Waals surface area contributed by atoms with Crippen LogP contribution in [0.15, 0.2) is 60.8 Å². The first-order chi connectivity index (χ1) is 15.0. The predicted molar refractivity (Wildman–Crippen MR) is 130 cm³/mol. The number of thiophene rings is 1. The Balaban J connectivity index is 1.77. The van der Waals surface area contributed by atoms with Gasteiger partial charge in [0, 0.05) is 34.6 Å². The van der Waals surface area contributed by atoms with Crippen LogP contribution in [-0.2, 0) is 32.3 Å². The summed E-state index contributed by atoms with van der Waals surface area (Å²) in [6.07, 6.45) is 2.67. The molecule has 0 aliphatic rings. The molecular formula is C22H27N3O4S3. The lowest BCUT2D eigenvalue weighted by molar-refractivity contribution is 0.364. The van der Waals surface area contributed by atoms with Gasteiger partial charge in [0.05, 0.1) is 12.0 Å². The number of hydrogen-bond acceptors (Lipinski definition) is 6. The maximum atomic E-state index is 13.1. The van der Waals surface area contributed by atoms with Crippen molar-refractivity contribution in [2.24, 2.45) is 5.92 Å².